The number of nitrogens with zero attached hydrogens (tertiary/aromatic N) is 2. The van der Waals surface area contributed by atoms with Gasteiger partial charge in [0.2, 0.25) is 11.8 Å². The van der Waals surface area contributed by atoms with Gasteiger partial charge in [0, 0.05) is 12.1 Å². The molecule has 4 aromatic carbocycles. The predicted molar refractivity (Wildman–Crippen MR) is 164 cm³/mol. The first-order valence-electron chi connectivity index (χ1n) is 13.2. The van der Waals surface area contributed by atoms with Gasteiger partial charge in [-0.1, -0.05) is 24.3 Å². The molecule has 44 heavy (non-hydrogen) atoms. The van der Waals surface area contributed by atoms with E-state index in [9.17, 15) is 19.8 Å². The van der Waals surface area contributed by atoms with Crippen molar-refractivity contribution in [2.45, 2.75) is 0 Å². The molecule has 0 bridgehead atoms. The second kappa shape index (κ2) is 13.2. The molecule has 6 rings (SSSR count). The zero-order valence-corrected chi connectivity index (χ0v) is 23.6. The lowest BCUT2D eigenvalue weighted by Gasteiger charge is -2.08. The molecule has 0 saturated carbocycles. The van der Waals surface area contributed by atoms with E-state index >= 15 is 0 Å². The number of ether oxygens (including phenoxy) is 4. The molecule has 0 amide bonds. The molecule has 0 aliphatic rings. The predicted octanol–water partition coefficient (Wildman–Crippen LogP) is 7.47. The number of rotatable bonds is 8. The maximum Gasteiger partial charge on any atom is 0.336 e. The lowest BCUT2D eigenvalue weighted by Crippen LogP contribution is -1.97. The number of fused-ring (bicyclic) bond motifs is 2. The Balaban J connectivity index is 0.000000175. The van der Waals surface area contributed by atoms with Gasteiger partial charge in [-0.15, -0.1) is 0 Å². The third-order valence-electron chi connectivity index (χ3n) is 6.47. The molecular weight excluding hydrogens is 564 g/mol. The number of aromatic carboxylic acids is 2. The lowest BCUT2D eigenvalue weighted by atomic mass is 10.0. The standard InChI is InChI=1S/2C17H13NO4/c2*1-21-16-8-6-13(10-18-16)22-12-5-7-14-11(9-12)3-2-4-15(14)17(19)20/h2*2-10H,1H3,(H,19,20). The highest BCUT2D eigenvalue weighted by Crippen LogP contribution is 2.29. The maximum atomic E-state index is 11.2. The molecule has 2 heterocycles. The van der Waals surface area contributed by atoms with E-state index in [0.29, 0.717) is 45.5 Å². The molecule has 0 radical (unpaired) electrons. The monoisotopic (exact) mass is 590 g/mol. The van der Waals surface area contributed by atoms with E-state index in [1.165, 1.54) is 0 Å². The van der Waals surface area contributed by atoms with E-state index in [1.54, 1.807) is 112 Å². The summed E-state index contributed by atoms with van der Waals surface area (Å²) >= 11 is 0. The first kappa shape index (κ1) is 29.3. The molecule has 2 N–H and O–H groups in total. The Kier molecular flexibility index (Phi) is 8.81. The first-order valence-corrected chi connectivity index (χ1v) is 13.2. The van der Waals surface area contributed by atoms with Gasteiger partial charge < -0.3 is 29.2 Å². The van der Waals surface area contributed by atoms with Crippen LogP contribution in [0.3, 0.4) is 0 Å². The molecule has 0 spiro atoms. The average molecular weight is 591 g/mol. The molecule has 0 saturated heterocycles. The second-order valence-electron chi connectivity index (χ2n) is 9.26. The van der Waals surface area contributed by atoms with Crippen molar-refractivity contribution >= 4 is 33.5 Å². The summed E-state index contributed by atoms with van der Waals surface area (Å²) in [6.07, 6.45) is 3.13. The molecular formula is C34H26N2O8. The van der Waals surface area contributed by atoms with Crippen molar-refractivity contribution in [2.75, 3.05) is 14.2 Å². The molecule has 220 valence electrons. The molecule has 0 atom stereocenters. The Morgan fingerprint density at radius 1 is 0.545 bits per heavy atom. The maximum absolute atomic E-state index is 11.2. The fourth-order valence-electron chi connectivity index (χ4n) is 4.39. The van der Waals surface area contributed by atoms with E-state index in [2.05, 4.69) is 9.97 Å². The smallest absolute Gasteiger partial charge is 0.336 e. The summed E-state index contributed by atoms with van der Waals surface area (Å²) in [5.41, 5.74) is 0.547. The number of hydrogen-bond donors (Lipinski definition) is 2. The van der Waals surface area contributed by atoms with Crippen LogP contribution in [0.25, 0.3) is 21.5 Å². The van der Waals surface area contributed by atoms with Crippen molar-refractivity contribution in [3.63, 3.8) is 0 Å². The van der Waals surface area contributed by atoms with Gasteiger partial charge in [-0.05, 0) is 82.2 Å². The van der Waals surface area contributed by atoms with Crippen LogP contribution in [-0.2, 0) is 0 Å². The number of carboxylic acid groups (broad SMARTS) is 2. The number of pyridine rings is 2. The van der Waals surface area contributed by atoms with Crippen molar-refractivity contribution in [3.8, 4) is 34.8 Å². The lowest BCUT2D eigenvalue weighted by molar-refractivity contribution is 0.0688. The summed E-state index contributed by atoms with van der Waals surface area (Å²) in [4.78, 5) is 30.5. The third kappa shape index (κ3) is 6.82. The summed E-state index contributed by atoms with van der Waals surface area (Å²) in [6, 6.07) is 27.8. The van der Waals surface area contributed by atoms with Gasteiger partial charge in [-0.2, -0.15) is 0 Å². The molecule has 2 aromatic heterocycles. The van der Waals surface area contributed by atoms with Gasteiger partial charge in [0.15, 0.2) is 0 Å². The van der Waals surface area contributed by atoms with Crippen molar-refractivity contribution in [2.24, 2.45) is 0 Å². The highest BCUT2D eigenvalue weighted by Gasteiger charge is 2.10. The summed E-state index contributed by atoms with van der Waals surface area (Å²) in [6.45, 7) is 0. The largest absolute Gasteiger partial charge is 0.481 e. The molecule has 10 nitrogen and oxygen atoms in total. The molecule has 6 aromatic rings. The summed E-state index contributed by atoms with van der Waals surface area (Å²) < 4.78 is 21.4. The van der Waals surface area contributed by atoms with Crippen molar-refractivity contribution in [1.82, 2.24) is 9.97 Å². The Morgan fingerprint density at radius 3 is 1.30 bits per heavy atom. The van der Waals surface area contributed by atoms with Gasteiger partial charge >= 0.3 is 11.9 Å². The van der Waals surface area contributed by atoms with E-state index in [-0.39, 0.29) is 11.1 Å². The van der Waals surface area contributed by atoms with Crippen LogP contribution in [0.2, 0.25) is 0 Å². The van der Waals surface area contributed by atoms with Crippen LogP contribution in [-0.4, -0.2) is 46.3 Å². The minimum Gasteiger partial charge on any atom is -0.481 e. The minimum absolute atomic E-state index is 0.273. The van der Waals surface area contributed by atoms with Gasteiger partial charge in [-0.25, -0.2) is 19.6 Å². The van der Waals surface area contributed by atoms with Crippen LogP contribution in [0.15, 0.2) is 109 Å². The Hall–Kier alpha value is -6.16. The summed E-state index contributed by atoms with van der Waals surface area (Å²) in [7, 11) is 3.10. The zero-order chi connectivity index (χ0) is 31.1. The normalized spacial score (nSPS) is 10.4. The molecule has 0 unspecified atom stereocenters. The molecule has 0 fully saturated rings. The van der Waals surface area contributed by atoms with Crippen LogP contribution in [0.5, 0.6) is 34.8 Å². The van der Waals surface area contributed by atoms with E-state index < -0.39 is 11.9 Å². The first-order chi connectivity index (χ1) is 21.3. The number of carboxylic acids is 2. The van der Waals surface area contributed by atoms with Gasteiger partial charge in [0.25, 0.3) is 0 Å². The van der Waals surface area contributed by atoms with Crippen LogP contribution < -0.4 is 18.9 Å². The van der Waals surface area contributed by atoms with Crippen molar-refractivity contribution in [1.29, 1.82) is 0 Å². The molecule has 0 aliphatic carbocycles. The SMILES string of the molecule is COc1ccc(Oc2ccc3c(C(=O)O)cccc3c2)cn1.COc1ccc(Oc2ccc3c(C(=O)O)cccc3c2)cn1. The molecule has 0 aliphatic heterocycles. The summed E-state index contributed by atoms with van der Waals surface area (Å²) in [5, 5.41) is 21.3. The number of hydrogen-bond acceptors (Lipinski definition) is 8. The van der Waals surface area contributed by atoms with E-state index in [1.807, 2.05) is 12.1 Å². The number of aromatic nitrogens is 2. The average Bonchev–Trinajstić information content (AvgIpc) is 3.05. The molecule has 10 heteroatoms. The van der Waals surface area contributed by atoms with Crippen LogP contribution in [0, 0.1) is 0 Å². The fraction of sp³-hybridized carbons (Fsp3) is 0.0588. The second-order valence-corrected chi connectivity index (χ2v) is 9.26. The van der Waals surface area contributed by atoms with Gasteiger partial charge in [-0.3, -0.25) is 0 Å². The van der Waals surface area contributed by atoms with Gasteiger partial charge in [0.05, 0.1) is 37.7 Å². The quantitative estimate of drug-likeness (QED) is 0.184. The fourth-order valence-corrected chi connectivity index (χ4v) is 4.39. The minimum atomic E-state index is -0.946. The third-order valence-corrected chi connectivity index (χ3v) is 6.47. The number of carbonyl (C=O) groups is 2. The van der Waals surface area contributed by atoms with E-state index in [0.717, 1.165) is 10.8 Å². The van der Waals surface area contributed by atoms with Gasteiger partial charge in [0.1, 0.15) is 23.0 Å². The van der Waals surface area contributed by atoms with E-state index in [4.69, 9.17) is 18.9 Å². The highest BCUT2D eigenvalue weighted by atomic mass is 16.5. The topological polar surface area (TPSA) is 137 Å². The Bertz CT molecular complexity index is 1800. The van der Waals surface area contributed by atoms with Crippen LogP contribution in [0.4, 0.5) is 0 Å². The number of benzene rings is 4. The number of methoxy groups -OCH3 is 2. The van der Waals surface area contributed by atoms with Crippen molar-refractivity contribution < 1.29 is 38.7 Å². The highest BCUT2D eigenvalue weighted by molar-refractivity contribution is 6.04. The van der Waals surface area contributed by atoms with Crippen LogP contribution >= 0.6 is 0 Å². The summed E-state index contributed by atoms with van der Waals surface area (Å²) in [5.74, 6) is 1.51. The Labute approximate surface area is 251 Å². The van der Waals surface area contributed by atoms with Crippen LogP contribution in [0.1, 0.15) is 20.7 Å². The van der Waals surface area contributed by atoms with Crippen molar-refractivity contribution in [3.05, 3.63) is 121 Å². The zero-order valence-electron chi connectivity index (χ0n) is 23.6. The Morgan fingerprint density at radius 2 is 0.955 bits per heavy atom.